The topological polar surface area (TPSA) is 525 Å². The van der Waals surface area contributed by atoms with Crippen LogP contribution in [0, 0.1) is 0 Å². The number of hydrogen-bond acceptors (Lipinski definition) is 21. The smallest absolute Gasteiger partial charge is 0.305 e. The number of thioether (sulfide) groups is 2. The first kappa shape index (κ1) is 101. The summed E-state index contributed by atoms with van der Waals surface area (Å²) in [6.07, 6.45) is 18.8. The Bertz CT molecular complexity index is 3160. The summed E-state index contributed by atoms with van der Waals surface area (Å²) in [4.78, 5) is 206. The van der Waals surface area contributed by atoms with E-state index in [1.54, 1.807) is 13.2 Å². The number of nitrogens with two attached hydrogens (primary N) is 2. The Kier molecular flexibility index (Phi) is 51.6. The van der Waals surface area contributed by atoms with Crippen LogP contribution in [0.15, 0.2) is 24.3 Å². The van der Waals surface area contributed by atoms with Gasteiger partial charge in [0, 0.05) is 25.3 Å². The lowest BCUT2D eigenvalue weighted by molar-refractivity contribution is -0.142. The molecule has 1 saturated heterocycles. The zero-order valence-electron chi connectivity index (χ0n) is 67.6. The zero-order chi connectivity index (χ0) is 84.4. The Hall–Kier alpha value is -8.15. The summed E-state index contributed by atoms with van der Waals surface area (Å²) < 4.78 is 0. The molecule has 1 unspecified atom stereocenters. The van der Waals surface area contributed by atoms with Crippen molar-refractivity contribution in [2.24, 2.45) is 11.5 Å². The molecule has 13 atom stereocenters. The fourth-order valence-electron chi connectivity index (χ4n) is 12.9. The Labute approximate surface area is 674 Å². The van der Waals surface area contributed by atoms with Crippen LogP contribution in [0.1, 0.15) is 240 Å². The largest absolute Gasteiger partial charge is 0.508 e. The molecule has 0 bridgehead atoms. The molecule has 1 aromatic rings. The fourth-order valence-corrected chi connectivity index (χ4v) is 13.9. The van der Waals surface area contributed by atoms with Crippen molar-refractivity contribution in [1.82, 2.24) is 63.4 Å². The van der Waals surface area contributed by atoms with E-state index >= 15 is 0 Å². The van der Waals surface area contributed by atoms with Crippen LogP contribution in [0.25, 0.3) is 0 Å². The van der Waals surface area contributed by atoms with Crippen molar-refractivity contribution in [3.8, 4) is 5.75 Å². The van der Waals surface area contributed by atoms with E-state index in [0.29, 0.717) is 62.7 Å². The number of phenols is 1. The molecule has 0 aromatic heterocycles. The molecule has 13 amide bonds. The van der Waals surface area contributed by atoms with Crippen LogP contribution in [0.3, 0.4) is 0 Å². The average Bonchev–Trinajstić information content (AvgIpc) is 1.65. The number of amides is 13. The summed E-state index contributed by atoms with van der Waals surface area (Å²) in [5.41, 5.74) is 11.9. The number of nitrogens with zero attached hydrogens (tertiary/aromatic N) is 1. The highest BCUT2D eigenvalue weighted by Crippen LogP contribution is 2.26. The number of hydrogen-bond donors (Lipinski definition) is 17. The van der Waals surface area contributed by atoms with E-state index in [-0.39, 0.29) is 81.7 Å². The summed E-state index contributed by atoms with van der Waals surface area (Å²) in [6.45, 7) is 8.38. The third-order valence-corrected chi connectivity index (χ3v) is 20.8. The van der Waals surface area contributed by atoms with Gasteiger partial charge < -0.3 is 95.3 Å². The van der Waals surface area contributed by atoms with E-state index in [2.05, 4.69) is 65.4 Å². The van der Waals surface area contributed by atoms with Gasteiger partial charge in [0.1, 0.15) is 66.2 Å². The van der Waals surface area contributed by atoms with Crippen LogP contribution >= 0.6 is 23.5 Å². The lowest BCUT2D eigenvalue weighted by Crippen LogP contribution is -2.61. The molecule has 33 nitrogen and oxygen atoms in total. The van der Waals surface area contributed by atoms with Gasteiger partial charge in [-0.3, -0.25) is 71.9 Å². The Morgan fingerprint density at radius 3 is 1.47 bits per heavy atom. The summed E-state index contributed by atoms with van der Waals surface area (Å²) in [7, 11) is 0. The molecule has 35 heteroatoms. The van der Waals surface area contributed by atoms with Gasteiger partial charge in [0.2, 0.25) is 76.8 Å². The van der Waals surface area contributed by atoms with Crippen molar-refractivity contribution >= 4 is 112 Å². The normalized spacial score (nSPS) is 16.2. The van der Waals surface area contributed by atoms with E-state index in [4.69, 9.17) is 11.5 Å². The van der Waals surface area contributed by atoms with Crippen LogP contribution in [-0.4, -0.2) is 236 Å². The summed E-state index contributed by atoms with van der Waals surface area (Å²) in [6, 6.07) is -10.7. The zero-order valence-corrected chi connectivity index (χ0v) is 69.2. The number of aliphatic hydroxyl groups excluding tert-OH is 2. The van der Waals surface area contributed by atoms with Crippen molar-refractivity contribution < 1.29 is 92.3 Å². The second-order valence-corrected chi connectivity index (χ2v) is 31.2. The number of carbonyl (C=O) groups is 15. The van der Waals surface area contributed by atoms with Crippen molar-refractivity contribution in [2.45, 2.75) is 319 Å². The van der Waals surface area contributed by atoms with Gasteiger partial charge in [-0.15, -0.1) is 0 Å². The number of unbranched alkanes of at least 4 members (excludes halogenated alkanes) is 16. The number of primary amides is 1. The van der Waals surface area contributed by atoms with Crippen molar-refractivity contribution in [3.05, 3.63) is 29.8 Å². The number of benzene rings is 1. The first-order valence-corrected chi connectivity index (χ1v) is 43.1. The number of Topliss-reactive ketones (excluding diaryl/α,β-unsaturated/α-hetero) is 1. The minimum absolute atomic E-state index is 0.00697. The van der Waals surface area contributed by atoms with E-state index in [1.165, 1.54) is 104 Å². The Morgan fingerprint density at radius 1 is 0.513 bits per heavy atom. The molecule has 1 fully saturated rings. The van der Waals surface area contributed by atoms with Gasteiger partial charge in [-0.1, -0.05) is 142 Å². The molecule has 0 saturated carbocycles. The maximum atomic E-state index is 14.7. The molecule has 1 aliphatic rings. The summed E-state index contributed by atoms with van der Waals surface area (Å²) in [5, 5.41) is 68.8. The third-order valence-electron chi connectivity index (χ3n) is 19.5. The maximum Gasteiger partial charge on any atom is 0.305 e. The van der Waals surface area contributed by atoms with Gasteiger partial charge in [0.25, 0.3) is 0 Å². The standard InChI is InChI=1S/C78H132N14O19S2/c1-9-12-15-16-17-18-19-20-21-22-23-24-26-32-65(98)82-57(39-42-112-7)69(102)81-47-66(99)83-60(45-52-33-35-53(96)36-34-52)74(107)86-56(37-38-64(80)97)72(105)85-54(29-25-13-10-2)70(103)84-55(30-27-28-41-79)71(104)89-61-44-49(4)92(78(61)111)63(31-14-11-3)76(109)90-62(48-93)75(108)87-58(40-43-113-8)73(106)91-68(51(6)95)77(110)88-59(50(5)94)46-67(100)101/h33-36,49,51,54-63,68,93,95-96H,9-32,37-48,79H2,1-8H3,(H2,80,97)(H,81,102)(H,82,98)(H,83,99)(H,84,103)(H,85,105)(H,86,107)(H,87,108)(H,88,110)(H,89,104)(H,90,109)(H,91,106)(H,100,101)/t49?,51-,54+,55-,56+,57+,58+,59+,60+,61+,62+,63+,68+/m1/s1. The number of aliphatic carboxylic acids is 1. The van der Waals surface area contributed by atoms with E-state index in [9.17, 15) is 92.3 Å². The molecular formula is C78H132N14O19S2. The molecule has 640 valence electrons. The molecule has 0 radical (unpaired) electrons. The predicted octanol–water partition coefficient (Wildman–Crippen LogP) is 2.48. The first-order chi connectivity index (χ1) is 53.9. The molecule has 1 heterocycles. The van der Waals surface area contributed by atoms with E-state index < -0.39 is 187 Å². The molecular weight excluding hydrogens is 1500 g/mol. The number of aliphatic hydroxyl groups is 2. The van der Waals surface area contributed by atoms with Gasteiger partial charge in [-0.2, -0.15) is 23.5 Å². The lowest BCUT2D eigenvalue weighted by atomic mass is 10.0. The number of likely N-dealkylation sites (tertiary alicyclic amines) is 1. The number of rotatable bonds is 63. The highest BCUT2D eigenvalue weighted by atomic mass is 32.2. The van der Waals surface area contributed by atoms with E-state index in [0.717, 1.165) is 39.5 Å². The molecule has 113 heavy (non-hydrogen) atoms. The minimum atomic E-state index is -1.73. The van der Waals surface area contributed by atoms with Gasteiger partial charge >= 0.3 is 5.97 Å². The lowest BCUT2D eigenvalue weighted by Gasteiger charge is -2.32. The third kappa shape index (κ3) is 40.6. The quantitative estimate of drug-likeness (QED) is 0.0417. The first-order valence-electron chi connectivity index (χ1n) is 40.3. The summed E-state index contributed by atoms with van der Waals surface area (Å²) >= 11 is 2.76. The van der Waals surface area contributed by atoms with Crippen LogP contribution in [0.5, 0.6) is 5.75 Å². The summed E-state index contributed by atoms with van der Waals surface area (Å²) in [5.74, 6) is -12.2. The van der Waals surface area contributed by atoms with Crippen molar-refractivity contribution in [2.75, 3.05) is 43.7 Å². The molecule has 1 aromatic carbocycles. The highest BCUT2D eigenvalue weighted by Gasteiger charge is 2.46. The second-order valence-electron chi connectivity index (χ2n) is 29.2. The maximum absolute atomic E-state index is 14.7. The molecule has 0 aliphatic carbocycles. The number of ketones is 1. The number of aromatic hydroxyl groups is 1. The molecule has 19 N–H and O–H groups in total. The van der Waals surface area contributed by atoms with Gasteiger partial charge in [-0.05, 0) is 133 Å². The van der Waals surface area contributed by atoms with Gasteiger partial charge in [-0.25, -0.2) is 0 Å². The number of carboxylic acid groups (broad SMARTS) is 1. The Morgan fingerprint density at radius 2 is 0.965 bits per heavy atom. The minimum Gasteiger partial charge on any atom is -0.508 e. The van der Waals surface area contributed by atoms with Gasteiger partial charge in [0.05, 0.1) is 31.7 Å². The molecule has 0 spiro atoms. The fraction of sp³-hybridized carbons (Fsp3) is 0.731. The van der Waals surface area contributed by atoms with Crippen LogP contribution in [-0.2, 0) is 78.3 Å². The SMILES string of the molecule is CCCCCCCCCCCCCCCC(=O)N[C@@H](CCSC)C(=O)NCC(=O)N[C@@H](Cc1ccc(O)cc1)C(=O)N[C@@H](CCC(N)=O)C(=O)N[C@@H](CCCCC)C(=O)N[C@H](CCCCN)C(=O)N[C@H]1CC(C)N([C@@H](CCCC)C(=O)N[C@@H](CO)C(=O)N[C@@H](CCSC)C(=O)N[C@H](C(=O)N[C@@H](CC(=O)O)C(C)=O)[C@@H](C)O)C1=O. The predicted molar refractivity (Wildman–Crippen MR) is 432 cm³/mol. The molecule has 1 aliphatic heterocycles. The van der Waals surface area contributed by atoms with Crippen LogP contribution in [0.4, 0.5) is 0 Å². The monoisotopic (exact) mass is 1630 g/mol. The molecule has 2 rings (SSSR count). The number of nitrogens with one attached hydrogen (secondary N) is 11. The average molecular weight is 1630 g/mol. The van der Waals surface area contributed by atoms with Gasteiger partial charge in [0.15, 0.2) is 5.78 Å². The second kappa shape index (κ2) is 57.8. The number of carbonyl (C=O) groups excluding carboxylic acids is 14. The number of carboxylic acids is 1. The Balaban J connectivity index is 2.37. The van der Waals surface area contributed by atoms with Crippen molar-refractivity contribution in [1.29, 1.82) is 0 Å². The van der Waals surface area contributed by atoms with Crippen LogP contribution in [0.2, 0.25) is 0 Å². The highest BCUT2D eigenvalue weighted by molar-refractivity contribution is 7.98. The number of phenolic OH excluding ortho intramolecular Hbond substituents is 1. The van der Waals surface area contributed by atoms with E-state index in [1.807, 2.05) is 20.1 Å². The van der Waals surface area contributed by atoms with Crippen LogP contribution < -0.4 is 70.0 Å². The van der Waals surface area contributed by atoms with Crippen molar-refractivity contribution in [3.63, 3.8) is 0 Å².